The predicted molar refractivity (Wildman–Crippen MR) is 143 cm³/mol. The van der Waals surface area contributed by atoms with E-state index in [4.69, 9.17) is 4.74 Å². The van der Waals surface area contributed by atoms with Crippen molar-refractivity contribution in [3.8, 4) is 5.75 Å². The smallest absolute Gasteiger partial charge is 0.200 e. The number of aliphatic hydroxyl groups is 1. The van der Waals surface area contributed by atoms with E-state index in [1.54, 1.807) is 25.1 Å². The number of halogens is 4. The van der Waals surface area contributed by atoms with E-state index in [-0.39, 0.29) is 30.3 Å². The van der Waals surface area contributed by atoms with E-state index in [0.717, 1.165) is 56.9 Å². The molecule has 38 heavy (non-hydrogen) atoms. The molecule has 0 saturated heterocycles. The number of hydrogen-bond donors (Lipinski definition) is 1. The third-order valence-electron chi connectivity index (χ3n) is 8.57. The van der Waals surface area contributed by atoms with Gasteiger partial charge in [0.25, 0.3) is 0 Å². The zero-order valence-electron chi connectivity index (χ0n) is 22.5. The standard InChI is InChI=1S/C32H40F4O2/c1-3-5-27(37)23-14-12-22(13-15-23)25-17-16-24(29(33)30(25)34)11-8-20-6-9-21(10-7-20)26-18-19-28(38-4-2)32(36)31(26)35/h12,16-21,23,27,37H,3-11,13-15H2,1-2H3. The Bertz CT molecular complexity index is 1120. The topological polar surface area (TPSA) is 29.5 Å². The van der Waals surface area contributed by atoms with Crippen LogP contribution in [0.2, 0.25) is 0 Å². The SMILES string of the molecule is CCCC(O)C1CC=C(c2ccc(CCC3CCC(c4ccc(OCC)c(F)c4F)CC3)c(F)c2F)CC1. The Kier molecular flexibility index (Phi) is 9.91. The van der Waals surface area contributed by atoms with Crippen LogP contribution in [0.5, 0.6) is 5.75 Å². The van der Waals surface area contributed by atoms with Gasteiger partial charge >= 0.3 is 0 Å². The first kappa shape index (κ1) is 28.7. The molecule has 0 radical (unpaired) electrons. The van der Waals surface area contributed by atoms with E-state index in [0.29, 0.717) is 41.9 Å². The van der Waals surface area contributed by atoms with Gasteiger partial charge in [-0.15, -0.1) is 0 Å². The molecule has 2 nitrogen and oxygen atoms in total. The average molecular weight is 533 g/mol. The van der Waals surface area contributed by atoms with Gasteiger partial charge in [-0.2, -0.15) is 4.39 Å². The van der Waals surface area contributed by atoms with Gasteiger partial charge in [-0.1, -0.05) is 37.6 Å². The Morgan fingerprint density at radius 3 is 2.32 bits per heavy atom. The van der Waals surface area contributed by atoms with Gasteiger partial charge in [-0.05, 0) is 112 Å². The third-order valence-corrected chi connectivity index (χ3v) is 8.57. The number of benzene rings is 2. The van der Waals surface area contributed by atoms with E-state index in [2.05, 4.69) is 0 Å². The summed E-state index contributed by atoms with van der Waals surface area (Å²) < 4.78 is 64.1. The van der Waals surface area contributed by atoms with Crippen LogP contribution in [0.25, 0.3) is 5.57 Å². The third kappa shape index (κ3) is 6.44. The highest BCUT2D eigenvalue weighted by Gasteiger charge is 2.28. The number of hydrogen-bond acceptors (Lipinski definition) is 2. The summed E-state index contributed by atoms with van der Waals surface area (Å²) in [4.78, 5) is 0. The molecule has 1 fully saturated rings. The van der Waals surface area contributed by atoms with Crippen LogP contribution < -0.4 is 4.74 Å². The molecule has 2 aromatic carbocycles. The van der Waals surface area contributed by atoms with Crippen LogP contribution in [0, 0.1) is 35.1 Å². The molecule has 1 saturated carbocycles. The normalized spacial score (nSPS) is 22.7. The highest BCUT2D eigenvalue weighted by molar-refractivity contribution is 5.67. The maximum absolute atomic E-state index is 15.0. The van der Waals surface area contributed by atoms with Crippen LogP contribution in [0.3, 0.4) is 0 Å². The lowest BCUT2D eigenvalue weighted by Gasteiger charge is -2.29. The van der Waals surface area contributed by atoms with Crippen LogP contribution in [0.4, 0.5) is 17.6 Å². The van der Waals surface area contributed by atoms with Gasteiger partial charge in [0.2, 0.25) is 5.82 Å². The molecule has 0 spiro atoms. The Morgan fingerprint density at radius 1 is 0.895 bits per heavy atom. The van der Waals surface area contributed by atoms with Crippen LogP contribution in [0.15, 0.2) is 30.3 Å². The molecule has 208 valence electrons. The molecule has 2 aliphatic carbocycles. The van der Waals surface area contributed by atoms with Crippen LogP contribution in [-0.2, 0) is 6.42 Å². The van der Waals surface area contributed by atoms with Gasteiger partial charge in [0.15, 0.2) is 23.2 Å². The van der Waals surface area contributed by atoms with Crippen molar-refractivity contribution in [3.63, 3.8) is 0 Å². The number of aliphatic hydroxyl groups excluding tert-OH is 1. The van der Waals surface area contributed by atoms with Gasteiger partial charge in [-0.3, -0.25) is 0 Å². The fourth-order valence-electron chi connectivity index (χ4n) is 6.26. The highest BCUT2D eigenvalue weighted by atomic mass is 19.2. The summed E-state index contributed by atoms with van der Waals surface area (Å²) in [6, 6.07) is 6.53. The minimum atomic E-state index is -0.926. The van der Waals surface area contributed by atoms with Crippen LogP contribution >= 0.6 is 0 Å². The van der Waals surface area contributed by atoms with Crippen molar-refractivity contribution in [2.45, 2.75) is 96.5 Å². The number of aryl methyl sites for hydroxylation is 1. The van der Waals surface area contributed by atoms with Gasteiger partial charge in [0.1, 0.15) is 0 Å². The summed E-state index contributed by atoms with van der Waals surface area (Å²) in [6.45, 7) is 4.05. The lowest BCUT2D eigenvalue weighted by Crippen LogP contribution is -2.22. The van der Waals surface area contributed by atoms with Crippen molar-refractivity contribution < 1.29 is 27.4 Å². The molecule has 0 bridgehead atoms. The van der Waals surface area contributed by atoms with E-state index in [9.17, 15) is 13.9 Å². The molecule has 0 aromatic heterocycles. The van der Waals surface area contributed by atoms with Crippen molar-refractivity contribution in [1.29, 1.82) is 0 Å². The predicted octanol–water partition coefficient (Wildman–Crippen LogP) is 8.89. The van der Waals surface area contributed by atoms with E-state index in [1.807, 2.05) is 13.0 Å². The second-order valence-corrected chi connectivity index (χ2v) is 11.0. The Morgan fingerprint density at radius 2 is 1.66 bits per heavy atom. The Hall–Kier alpha value is -2.34. The summed E-state index contributed by atoms with van der Waals surface area (Å²) >= 11 is 0. The minimum Gasteiger partial charge on any atom is -0.491 e. The van der Waals surface area contributed by atoms with Gasteiger partial charge in [0, 0.05) is 5.56 Å². The van der Waals surface area contributed by atoms with Crippen molar-refractivity contribution in [2.24, 2.45) is 11.8 Å². The minimum absolute atomic E-state index is 0.0451. The van der Waals surface area contributed by atoms with Crippen molar-refractivity contribution in [2.75, 3.05) is 6.61 Å². The molecule has 2 atom stereocenters. The summed E-state index contributed by atoms with van der Waals surface area (Å²) in [6.07, 6.45) is 9.81. The number of ether oxygens (including phenoxy) is 1. The first-order valence-electron chi connectivity index (χ1n) is 14.3. The summed E-state index contributed by atoms with van der Waals surface area (Å²) in [5, 5.41) is 10.3. The van der Waals surface area contributed by atoms with E-state index < -0.39 is 23.3 Å². The highest BCUT2D eigenvalue weighted by Crippen LogP contribution is 2.40. The van der Waals surface area contributed by atoms with Crippen LogP contribution in [0.1, 0.15) is 101 Å². The second kappa shape index (κ2) is 13.1. The zero-order chi connectivity index (χ0) is 27.2. The quantitative estimate of drug-likeness (QED) is 0.310. The molecule has 6 heteroatoms. The molecule has 0 amide bonds. The molecular formula is C32H40F4O2. The second-order valence-electron chi connectivity index (χ2n) is 11.0. The van der Waals surface area contributed by atoms with Gasteiger partial charge in [0.05, 0.1) is 12.7 Å². The van der Waals surface area contributed by atoms with Gasteiger partial charge in [-0.25, -0.2) is 13.2 Å². The van der Waals surface area contributed by atoms with Crippen LogP contribution in [-0.4, -0.2) is 17.8 Å². The van der Waals surface area contributed by atoms with Crippen molar-refractivity contribution in [3.05, 3.63) is 70.3 Å². The van der Waals surface area contributed by atoms with Crippen molar-refractivity contribution in [1.82, 2.24) is 0 Å². The molecule has 0 heterocycles. The fraction of sp³-hybridized carbons (Fsp3) is 0.562. The summed E-state index contributed by atoms with van der Waals surface area (Å²) in [5.74, 6) is -2.87. The number of allylic oxidation sites excluding steroid dienone is 2. The average Bonchev–Trinajstić information content (AvgIpc) is 2.93. The van der Waals surface area contributed by atoms with Crippen molar-refractivity contribution >= 4 is 5.57 Å². The number of rotatable bonds is 10. The first-order chi connectivity index (χ1) is 18.3. The molecule has 4 rings (SSSR count). The zero-order valence-corrected chi connectivity index (χ0v) is 22.5. The molecule has 2 aliphatic rings. The van der Waals surface area contributed by atoms with E-state index in [1.165, 1.54) is 6.07 Å². The Labute approximate surface area is 224 Å². The maximum atomic E-state index is 15.0. The largest absolute Gasteiger partial charge is 0.491 e. The van der Waals surface area contributed by atoms with Gasteiger partial charge < -0.3 is 9.84 Å². The molecule has 2 aromatic rings. The molecular weight excluding hydrogens is 492 g/mol. The van der Waals surface area contributed by atoms with E-state index >= 15 is 8.78 Å². The fourth-order valence-corrected chi connectivity index (χ4v) is 6.26. The Balaban J connectivity index is 1.32. The summed E-state index contributed by atoms with van der Waals surface area (Å²) in [7, 11) is 0. The molecule has 2 unspecified atom stereocenters. The maximum Gasteiger partial charge on any atom is 0.200 e. The molecule has 0 aliphatic heterocycles. The first-order valence-corrected chi connectivity index (χ1v) is 14.3. The lowest BCUT2D eigenvalue weighted by molar-refractivity contribution is 0.0934. The monoisotopic (exact) mass is 532 g/mol. The molecule has 1 N–H and O–H groups in total. The summed E-state index contributed by atoms with van der Waals surface area (Å²) in [5.41, 5.74) is 1.95. The lowest BCUT2D eigenvalue weighted by atomic mass is 9.76.